The fraction of sp³-hybridized carbons (Fsp3) is 0.235. The normalized spacial score (nSPS) is 20.8. The molecule has 0 spiro atoms. The van der Waals surface area contributed by atoms with Gasteiger partial charge in [0.15, 0.2) is 5.11 Å². The predicted octanol–water partition coefficient (Wildman–Crippen LogP) is 2.85. The first kappa shape index (κ1) is 14.8. The summed E-state index contributed by atoms with van der Waals surface area (Å²) in [7, 11) is 1.67. The van der Waals surface area contributed by atoms with Gasteiger partial charge in [0, 0.05) is 6.42 Å². The summed E-state index contributed by atoms with van der Waals surface area (Å²) in [6.07, 6.45) is 0.806. The number of thiocarbonyl (C=S) groups is 1. The fourth-order valence-corrected chi connectivity index (χ4v) is 2.99. The summed E-state index contributed by atoms with van der Waals surface area (Å²) in [6.45, 7) is 2.10. The molecule has 0 amide bonds. The highest BCUT2D eigenvalue weighted by molar-refractivity contribution is 7.80. The number of hydrogen-bond acceptors (Lipinski definition) is 3. The van der Waals surface area contributed by atoms with Gasteiger partial charge in [-0.05, 0) is 49.0 Å². The van der Waals surface area contributed by atoms with Crippen LogP contribution in [0.5, 0.6) is 5.75 Å². The number of rotatable bonds is 4. The maximum atomic E-state index is 5.46. The van der Waals surface area contributed by atoms with E-state index in [-0.39, 0.29) is 5.66 Å². The van der Waals surface area contributed by atoms with Gasteiger partial charge in [-0.2, -0.15) is 0 Å². The number of nitrogens with one attached hydrogen (secondary N) is 2. The molecule has 1 aliphatic rings. The second-order valence-corrected chi connectivity index (χ2v) is 5.96. The van der Waals surface area contributed by atoms with Gasteiger partial charge in [0.05, 0.1) is 12.8 Å². The monoisotopic (exact) mass is 313 g/mol. The molecular formula is C17H19N3OS. The molecule has 0 aromatic heterocycles. The van der Waals surface area contributed by atoms with E-state index in [1.807, 2.05) is 47.5 Å². The average Bonchev–Trinajstić information content (AvgIpc) is 2.83. The summed E-state index contributed by atoms with van der Waals surface area (Å²) in [5, 5.41) is 5.97. The first-order chi connectivity index (χ1) is 10.6. The van der Waals surface area contributed by atoms with Gasteiger partial charge in [0.2, 0.25) is 0 Å². The van der Waals surface area contributed by atoms with Crippen molar-refractivity contribution < 1.29 is 4.74 Å². The zero-order valence-corrected chi connectivity index (χ0v) is 13.5. The highest BCUT2D eigenvalue weighted by Crippen LogP contribution is 2.22. The Morgan fingerprint density at radius 1 is 1.09 bits per heavy atom. The minimum absolute atomic E-state index is 0.318. The summed E-state index contributed by atoms with van der Waals surface area (Å²) in [4.78, 5) is 0. The lowest BCUT2D eigenvalue weighted by Gasteiger charge is -2.25. The molecule has 3 rings (SSSR count). The number of anilines is 1. The maximum absolute atomic E-state index is 5.46. The first-order valence-electron chi connectivity index (χ1n) is 7.18. The average molecular weight is 313 g/mol. The first-order valence-corrected chi connectivity index (χ1v) is 7.58. The third kappa shape index (κ3) is 3.05. The Morgan fingerprint density at radius 2 is 1.77 bits per heavy atom. The Bertz CT molecular complexity index is 659. The van der Waals surface area contributed by atoms with Crippen LogP contribution in [-0.4, -0.2) is 17.9 Å². The van der Waals surface area contributed by atoms with Crippen molar-refractivity contribution in [2.45, 2.75) is 19.0 Å². The molecule has 1 aliphatic heterocycles. The molecule has 2 aromatic carbocycles. The lowest BCUT2D eigenvalue weighted by Crippen LogP contribution is -2.50. The quantitative estimate of drug-likeness (QED) is 0.849. The topological polar surface area (TPSA) is 36.5 Å². The summed E-state index contributed by atoms with van der Waals surface area (Å²) < 4.78 is 5.20. The molecule has 22 heavy (non-hydrogen) atoms. The van der Waals surface area contributed by atoms with Crippen molar-refractivity contribution in [3.05, 3.63) is 60.2 Å². The Balaban J connectivity index is 1.75. The highest BCUT2D eigenvalue weighted by atomic mass is 32.1. The molecule has 0 saturated carbocycles. The molecule has 0 bridgehead atoms. The third-order valence-electron chi connectivity index (χ3n) is 3.68. The van der Waals surface area contributed by atoms with Crippen LogP contribution in [0.3, 0.4) is 0 Å². The number of ether oxygens (including phenoxy) is 1. The lowest BCUT2D eigenvalue weighted by atomic mass is 10.0. The Labute approximate surface area is 136 Å². The van der Waals surface area contributed by atoms with Crippen LogP contribution in [0.1, 0.15) is 12.5 Å². The smallest absolute Gasteiger partial charge is 0.189 e. The van der Waals surface area contributed by atoms with E-state index in [0.29, 0.717) is 5.11 Å². The number of hydrogen-bond donors (Lipinski definition) is 2. The molecule has 2 N–H and O–H groups in total. The zero-order chi connectivity index (χ0) is 15.6. The van der Waals surface area contributed by atoms with Crippen LogP contribution < -0.4 is 20.5 Å². The van der Waals surface area contributed by atoms with Crippen LogP contribution >= 0.6 is 12.2 Å². The molecule has 1 fully saturated rings. The van der Waals surface area contributed by atoms with E-state index >= 15 is 0 Å². The van der Waals surface area contributed by atoms with E-state index in [2.05, 4.69) is 29.8 Å². The van der Waals surface area contributed by atoms with E-state index in [1.54, 1.807) is 7.11 Å². The molecule has 0 unspecified atom stereocenters. The minimum Gasteiger partial charge on any atom is -0.497 e. The second-order valence-electron chi connectivity index (χ2n) is 5.57. The standard InChI is InChI=1S/C17H19N3OS/c1-17(12-13-8-10-15(21-2)11-9-13)18-16(22)20(19-17)14-6-4-3-5-7-14/h3-11,19H,12H2,1-2H3,(H,18,22)/t17-/m1/s1. The zero-order valence-electron chi connectivity index (χ0n) is 12.7. The van der Waals surface area contributed by atoms with Crippen LogP contribution in [0, 0.1) is 0 Å². The summed E-state index contributed by atoms with van der Waals surface area (Å²) in [5.74, 6) is 0.864. The van der Waals surface area contributed by atoms with E-state index in [0.717, 1.165) is 17.9 Å². The van der Waals surface area contributed by atoms with Crippen LogP contribution in [0.25, 0.3) is 0 Å². The van der Waals surface area contributed by atoms with Crippen molar-refractivity contribution >= 4 is 23.0 Å². The maximum Gasteiger partial charge on any atom is 0.189 e. The third-order valence-corrected chi connectivity index (χ3v) is 3.96. The van der Waals surface area contributed by atoms with Crippen LogP contribution in [0.15, 0.2) is 54.6 Å². The fourth-order valence-electron chi connectivity index (χ4n) is 2.61. The minimum atomic E-state index is -0.318. The van der Waals surface area contributed by atoms with E-state index in [9.17, 15) is 0 Å². The summed E-state index contributed by atoms with van der Waals surface area (Å²) in [6, 6.07) is 18.1. The molecule has 1 saturated heterocycles. The molecule has 1 atom stereocenters. The molecule has 114 valence electrons. The molecule has 0 aliphatic carbocycles. The largest absolute Gasteiger partial charge is 0.497 e. The van der Waals surface area contributed by atoms with Gasteiger partial charge in [-0.1, -0.05) is 30.3 Å². The molecule has 2 aromatic rings. The molecule has 5 heteroatoms. The van der Waals surface area contributed by atoms with Gasteiger partial charge in [0.1, 0.15) is 11.4 Å². The molecule has 0 radical (unpaired) electrons. The summed E-state index contributed by atoms with van der Waals surface area (Å²) >= 11 is 5.46. The molecular weight excluding hydrogens is 294 g/mol. The molecule has 1 heterocycles. The van der Waals surface area contributed by atoms with Crippen molar-refractivity contribution in [1.29, 1.82) is 0 Å². The van der Waals surface area contributed by atoms with E-state index in [1.165, 1.54) is 5.56 Å². The predicted molar refractivity (Wildman–Crippen MR) is 92.9 cm³/mol. The van der Waals surface area contributed by atoms with Crippen LogP contribution in [0.2, 0.25) is 0 Å². The number of para-hydroxylation sites is 1. The highest BCUT2D eigenvalue weighted by Gasteiger charge is 2.36. The van der Waals surface area contributed by atoms with Gasteiger partial charge in [0.25, 0.3) is 0 Å². The Hall–Kier alpha value is -2.11. The Morgan fingerprint density at radius 3 is 2.41 bits per heavy atom. The van der Waals surface area contributed by atoms with Gasteiger partial charge < -0.3 is 10.1 Å². The van der Waals surface area contributed by atoms with Crippen LogP contribution in [-0.2, 0) is 6.42 Å². The van der Waals surface area contributed by atoms with Gasteiger partial charge >= 0.3 is 0 Å². The van der Waals surface area contributed by atoms with Gasteiger partial charge in [-0.15, -0.1) is 0 Å². The van der Waals surface area contributed by atoms with E-state index < -0.39 is 0 Å². The number of hydrazine groups is 1. The number of nitrogens with zero attached hydrogens (tertiary/aromatic N) is 1. The van der Waals surface area contributed by atoms with Crippen molar-refractivity contribution in [2.24, 2.45) is 0 Å². The Kier molecular flexibility index (Phi) is 4.00. The number of methoxy groups -OCH3 is 1. The molecule has 4 nitrogen and oxygen atoms in total. The second kappa shape index (κ2) is 5.94. The van der Waals surface area contributed by atoms with E-state index in [4.69, 9.17) is 17.0 Å². The SMILES string of the molecule is COc1ccc(C[C@]2(C)NC(=S)N(c3ccccc3)N2)cc1. The van der Waals surface area contributed by atoms with Crippen molar-refractivity contribution in [3.8, 4) is 5.75 Å². The van der Waals surface area contributed by atoms with Gasteiger partial charge in [-0.25, -0.2) is 5.43 Å². The number of benzene rings is 2. The van der Waals surface area contributed by atoms with Gasteiger partial charge in [-0.3, -0.25) is 5.01 Å². The lowest BCUT2D eigenvalue weighted by molar-refractivity contribution is 0.371. The van der Waals surface area contributed by atoms with Crippen LogP contribution in [0.4, 0.5) is 5.69 Å². The van der Waals surface area contributed by atoms with Crippen molar-refractivity contribution in [1.82, 2.24) is 10.7 Å². The summed E-state index contributed by atoms with van der Waals surface area (Å²) in [5.41, 5.74) is 5.38. The van der Waals surface area contributed by atoms with Crippen molar-refractivity contribution in [3.63, 3.8) is 0 Å². The van der Waals surface area contributed by atoms with Crippen molar-refractivity contribution in [2.75, 3.05) is 12.1 Å².